The number of piperidine rings is 1. The third-order valence-electron chi connectivity index (χ3n) is 4.50. The number of carbonyl (C=O) groups excluding carboxylic acids is 1. The van der Waals surface area contributed by atoms with Crippen molar-refractivity contribution in [2.24, 2.45) is 0 Å². The zero-order valence-electron chi connectivity index (χ0n) is 12.9. The van der Waals surface area contributed by atoms with Gasteiger partial charge in [-0.25, -0.2) is 14.8 Å². The Hall–Kier alpha value is -1.85. The fourth-order valence-corrected chi connectivity index (χ4v) is 3.21. The Morgan fingerprint density at radius 2 is 1.95 bits per heavy atom. The highest BCUT2D eigenvalue weighted by molar-refractivity contribution is 5.74. The molecule has 0 unspecified atom stereocenters. The van der Waals surface area contributed by atoms with Gasteiger partial charge in [0.25, 0.3) is 0 Å². The van der Waals surface area contributed by atoms with Crippen molar-refractivity contribution in [1.82, 2.24) is 20.2 Å². The van der Waals surface area contributed by atoms with E-state index in [1.807, 2.05) is 4.90 Å². The highest BCUT2D eigenvalue weighted by Gasteiger charge is 2.25. The SMILES string of the molecule is O=C(NC1CCCCC1)N1CCC(Oc2ccncn2)CC1. The van der Waals surface area contributed by atoms with E-state index in [0.29, 0.717) is 11.9 Å². The lowest BCUT2D eigenvalue weighted by atomic mass is 9.96. The quantitative estimate of drug-likeness (QED) is 0.931. The highest BCUT2D eigenvalue weighted by atomic mass is 16.5. The molecule has 1 saturated heterocycles. The maximum atomic E-state index is 12.3. The summed E-state index contributed by atoms with van der Waals surface area (Å²) in [5.41, 5.74) is 0. The van der Waals surface area contributed by atoms with E-state index < -0.39 is 0 Å². The molecule has 0 atom stereocenters. The second-order valence-corrected chi connectivity index (χ2v) is 6.14. The van der Waals surface area contributed by atoms with E-state index in [2.05, 4.69) is 15.3 Å². The van der Waals surface area contributed by atoms with Gasteiger partial charge < -0.3 is 15.0 Å². The largest absolute Gasteiger partial charge is 0.474 e. The summed E-state index contributed by atoms with van der Waals surface area (Å²) in [5, 5.41) is 3.18. The molecule has 0 bridgehead atoms. The molecule has 2 amide bonds. The molecule has 1 N–H and O–H groups in total. The van der Waals surface area contributed by atoms with Crippen molar-refractivity contribution in [2.75, 3.05) is 13.1 Å². The van der Waals surface area contributed by atoms with Crippen LogP contribution in [0.15, 0.2) is 18.6 Å². The van der Waals surface area contributed by atoms with Crippen LogP contribution in [0, 0.1) is 0 Å². The fourth-order valence-electron chi connectivity index (χ4n) is 3.21. The lowest BCUT2D eigenvalue weighted by Crippen LogP contribution is -2.49. The molecule has 1 aliphatic heterocycles. The molecular formula is C16H24N4O2. The average Bonchev–Trinajstić information content (AvgIpc) is 2.57. The minimum Gasteiger partial charge on any atom is -0.474 e. The number of hydrogen-bond donors (Lipinski definition) is 1. The maximum absolute atomic E-state index is 12.3. The number of urea groups is 1. The Morgan fingerprint density at radius 1 is 1.18 bits per heavy atom. The topological polar surface area (TPSA) is 67.4 Å². The first-order chi connectivity index (χ1) is 10.8. The average molecular weight is 304 g/mol. The normalized spacial score (nSPS) is 20.6. The summed E-state index contributed by atoms with van der Waals surface area (Å²) >= 11 is 0. The van der Waals surface area contributed by atoms with Crippen LogP contribution in [0.3, 0.4) is 0 Å². The van der Waals surface area contributed by atoms with E-state index in [-0.39, 0.29) is 12.1 Å². The number of rotatable bonds is 3. The van der Waals surface area contributed by atoms with Crippen molar-refractivity contribution in [3.8, 4) is 5.88 Å². The Bertz CT molecular complexity index is 468. The zero-order chi connectivity index (χ0) is 15.2. The predicted octanol–water partition coefficient (Wildman–Crippen LogP) is 2.36. The number of likely N-dealkylation sites (tertiary alicyclic amines) is 1. The van der Waals surface area contributed by atoms with Gasteiger partial charge in [0.05, 0.1) is 0 Å². The highest BCUT2D eigenvalue weighted by Crippen LogP contribution is 2.19. The second kappa shape index (κ2) is 7.42. The van der Waals surface area contributed by atoms with Crippen molar-refractivity contribution in [3.05, 3.63) is 18.6 Å². The third-order valence-corrected chi connectivity index (χ3v) is 4.50. The van der Waals surface area contributed by atoms with E-state index in [1.54, 1.807) is 12.3 Å². The minimum atomic E-state index is 0.0902. The molecule has 0 spiro atoms. The molecule has 6 heteroatoms. The van der Waals surface area contributed by atoms with Gasteiger partial charge in [-0.1, -0.05) is 19.3 Å². The van der Waals surface area contributed by atoms with Gasteiger partial charge in [-0.2, -0.15) is 0 Å². The number of nitrogens with one attached hydrogen (secondary N) is 1. The molecule has 1 aliphatic carbocycles. The van der Waals surface area contributed by atoms with Gasteiger partial charge in [-0.05, 0) is 12.8 Å². The zero-order valence-corrected chi connectivity index (χ0v) is 12.9. The Balaban J connectivity index is 1.42. The molecule has 2 fully saturated rings. The van der Waals surface area contributed by atoms with Gasteiger partial charge in [0.15, 0.2) is 0 Å². The van der Waals surface area contributed by atoms with Crippen molar-refractivity contribution >= 4 is 6.03 Å². The summed E-state index contributed by atoms with van der Waals surface area (Å²) in [6, 6.07) is 2.23. The Morgan fingerprint density at radius 3 is 2.64 bits per heavy atom. The summed E-state index contributed by atoms with van der Waals surface area (Å²) in [6.45, 7) is 1.49. The summed E-state index contributed by atoms with van der Waals surface area (Å²) < 4.78 is 5.82. The van der Waals surface area contributed by atoms with Gasteiger partial charge in [0, 0.05) is 44.2 Å². The third kappa shape index (κ3) is 4.08. The summed E-state index contributed by atoms with van der Waals surface area (Å²) in [5.74, 6) is 0.611. The number of nitrogens with zero attached hydrogens (tertiary/aromatic N) is 3. The lowest BCUT2D eigenvalue weighted by Gasteiger charge is -2.33. The van der Waals surface area contributed by atoms with E-state index in [4.69, 9.17) is 4.74 Å². The molecule has 2 aliphatic rings. The van der Waals surface area contributed by atoms with Crippen LogP contribution in [-0.2, 0) is 0 Å². The van der Waals surface area contributed by atoms with E-state index in [0.717, 1.165) is 38.8 Å². The first-order valence-corrected chi connectivity index (χ1v) is 8.29. The summed E-state index contributed by atoms with van der Waals surface area (Å²) in [4.78, 5) is 22.2. The van der Waals surface area contributed by atoms with Crippen LogP contribution in [0.25, 0.3) is 0 Å². The molecule has 1 aromatic rings. The van der Waals surface area contributed by atoms with Crippen LogP contribution in [0.5, 0.6) is 5.88 Å². The minimum absolute atomic E-state index is 0.0902. The van der Waals surface area contributed by atoms with Crippen LogP contribution in [0.2, 0.25) is 0 Å². The smallest absolute Gasteiger partial charge is 0.317 e. The predicted molar refractivity (Wildman–Crippen MR) is 82.7 cm³/mol. The molecule has 1 saturated carbocycles. The van der Waals surface area contributed by atoms with Crippen LogP contribution in [0.4, 0.5) is 4.79 Å². The Kier molecular flexibility index (Phi) is 5.08. The van der Waals surface area contributed by atoms with Crippen LogP contribution in [-0.4, -0.2) is 46.1 Å². The fraction of sp³-hybridized carbons (Fsp3) is 0.688. The first kappa shape index (κ1) is 15.1. The van der Waals surface area contributed by atoms with Gasteiger partial charge >= 0.3 is 6.03 Å². The van der Waals surface area contributed by atoms with Crippen molar-refractivity contribution in [1.29, 1.82) is 0 Å². The van der Waals surface area contributed by atoms with Crippen LogP contribution >= 0.6 is 0 Å². The van der Waals surface area contributed by atoms with Gasteiger partial charge in [0.2, 0.25) is 5.88 Å². The van der Waals surface area contributed by atoms with Crippen LogP contribution < -0.4 is 10.1 Å². The molecule has 3 rings (SSSR count). The molecule has 22 heavy (non-hydrogen) atoms. The molecule has 0 aromatic carbocycles. The molecule has 2 heterocycles. The maximum Gasteiger partial charge on any atom is 0.317 e. The Labute approximate surface area is 131 Å². The number of ether oxygens (including phenoxy) is 1. The molecule has 1 aromatic heterocycles. The molecule has 0 radical (unpaired) electrons. The molecular weight excluding hydrogens is 280 g/mol. The molecule has 6 nitrogen and oxygen atoms in total. The lowest BCUT2D eigenvalue weighted by molar-refractivity contribution is 0.105. The first-order valence-electron chi connectivity index (χ1n) is 8.29. The van der Waals surface area contributed by atoms with E-state index >= 15 is 0 Å². The van der Waals surface area contributed by atoms with E-state index in [1.165, 1.54) is 25.6 Å². The summed E-state index contributed by atoms with van der Waals surface area (Å²) in [6.07, 6.45) is 11.0. The number of carbonyl (C=O) groups is 1. The standard InChI is InChI=1S/C16H24N4O2/c21-16(19-13-4-2-1-3-5-13)20-10-7-14(8-11-20)22-15-6-9-17-12-18-15/h6,9,12-14H,1-5,7-8,10-11H2,(H,19,21). The van der Waals surface area contributed by atoms with Crippen LogP contribution in [0.1, 0.15) is 44.9 Å². The van der Waals surface area contributed by atoms with Crippen molar-refractivity contribution in [2.45, 2.75) is 57.1 Å². The number of hydrogen-bond acceptors (Lipinski definition) is 4. The van der Waals surface area contributed by atoms with Gasteiger partial charge in [0.1, 0.15) is 12.4 Å². The second-order valence-electron chi connectivity index (χ2n) is 6.14. The number of aromatic nitrogens is 2. The van der Waals surface area contributed by atoms with Gasteiger partial charge in [-0.3, -0.25) is 0 Å². The van der Waals surface area contributed by atoms with Gasteiger partial charge in [-0.15, -0.1) is 0 Å². The van der Waals surface area contributed by atoms with Crippen molar-refractivity contribution in [3.63, 3.8) is 0 Å². The summed E-state index contributed by atoms with van der Waals surface area (Å²) in [7, 11) is 0. The molecule has 120 valence electrons. The van der Waals surface area contributed by atoms with E-state index in [9.17, 15) is 4.79 Å². The number of amides is 2. The monoisotopic (exact) mass is 304 g/mol. The van der Waals surface area contributed by atoms with Crippen molar-refractivity contribution < 1.29 is 9.53 Å².